The fourth-order valence-electron chi connectivity index (χ4n) is 2.78. The molecule has 0 amide bonds. The van der Waals surface area contributed by atoms with Crippen LogP contribution in [0.4, 0.5) is 0 Å². The number of rotatable bonds is 5. The molecule has 1 fully saturated rings. The van der Waals surface area contributed by atoms with Gasteiger partial charge in [-0.15, -0.1) is 0 Å². The number of nitrogens with zero attached hydrogens (tertiary/aromatic N) is 2. The first-order valence-corrected chi connectivity index (χ1v) is 9.32. The minimum absolute atomic E-state index is 0. The number of likely N-dealkylation sites (N-methyl/N-ethyl adjacent to an activating group) is 1. The molecule has 2 rings (SSSR count). The van der Waals surface area contributed by atoms with Gasteiger partial charge >= 0.3 is 0 Å². The van der Waals surface area contributed by atoms with Crippen molar-refractivity contribution in [2.45, 2.75) is 54.0 Å². The zero-order valence-corrected chi connectivity index (χ0v) is 19.4. The Labute approximate surface area is 171 Å². The number of hydrogen-bond acceptors (Lipinski definition) is 1. The van der Waals surface area contributed by atoms with Gasteiger partial charge in [0.2, 0.25) is 0 Å². The summed E-state index contributed by atoms with van der Waals surface area (Å²) in [5, 5.41) is 0. The summed E-state index contributed by atoms with van der Waals surface area (Å²) in [6, 6.07) is 10.9. The average molecular weight is 396 g/mol. The molecule has 1 aliphatic heterocycles. The first kappa shape index (κ1) is 25.5. The Morgan fingerprint density at radius 2 is 1.48 bits per heavy atom. The molecule has 0 aliphatic carbocycles. The van der Waals surface area contributed by atoms with Gasteiger partial charge in [-0.2, -0.15) is 0 Å². The van der Waals surface area contributed by atoms with Crippen LogP contribution in [0.15, 0.2) is 30.3 Å². The maximum Gasteiger partial charge on any atom is 0.104 e. The van der Waals surface area contributed by atoms with Gasteiger partial charge in [-0.05, 0) is 13.0 Å². The molecule has 0 spiro atoms. The smallest absolute Gasteiger partial charge is 0.104 e. The van der Waals surface area contributed by atoms with Crippen LogP contribution in [0.5, 0.6) is 0 Å². The van der Waals surface area contributed by atoms with E-state index in [0.29, 0.717) is 0 Å². The largest absolute Gasteiger partial charge is 0.320 e. The Hall–Kier alpha value is 0.244. The van der Waals surface area contributed by atoms with Crippen LogP contribution in [0.3, 0.4) is 0 Å². The van der Waals surface area contributed by atoms with Gasteiger partial charge in [0.25, 0.3) is 0 Å². The summed E-state index contributed by atoms with van der Waals surface area (Å²) in [5.41, 5.74) is 1.47. The third-order valence-corrected chi connectivity index (χ3v) is 4.15. The van der Waals surface area contributed by atoms with Crippen LogP contribution in [0.25, 0.3) is 0 Å². The van der Waals surface area contributed by atoms with E-state index in [2.05, 4.69) is 49.2 Å². The molecule has 23 heavy (non-hydrogen) atoms. The predicted molar refractivity (Wildman–Crippen MR) is 100 cm³/mol. The van der Waals surface area contributed by atoms with Crippen LogP contribution in [0.2, 0.25) is 0 Å². The fraction of sp³-hybridized carbons (Fsp3) is 0.700. The Morgan fingerprint density at radius 3 is 1.96 bits per heavy atom. The maximum absolute atomic E-state index is 2.63. The normalized spacial score (nSPS) is 16.1. The molecule has 0 N–H and O–H groups in total. The van der Waals surface area contributed by atoms with E-state index in [0.717, 1.165) is 0 Å². The van der Waals surface area contributed by atoms with Crippen molar-refractivity contribution in [2.24, 2.45) is 0 Å². The van der Waals surface area contributed by atoms with Crippen molar-refractivity contribution < 1.29 is 37.2 Å². The van der Waals surface area contributed by atoms with Crippen molar-refractivity contribution in [3.8, 4) is 0 Å². The second-order valence-corrected chi connectivity index (χ2v) is 5.91. The van der Waals surface area contributed by atoms with Crippen molar-refractivity contribution in [3.05, 3.63) is 35.9 Å². The van der Waals surface area contributed by atoms with E-state index in [4.69, 9.17) is 0 Å². The summed E-state index contributed by atoms with van der Waals surface area (Å²) in [7, 11) is 2.41. The molecule has 2 nitrogen and oxygen atoms in total. The molecule has 0 saturated carbocycles. The van der Waals surface area contributed by atoms with Crippen molar-refractivity contribution >= 4 is 0 Å². The van der Waals surface area contributed by atoms with Crippen LogP contribution in [-0.4, -0.2) is 49.2 Å². The van der Waals surface area contributed by atoms with E-state index < -0.39 is 0 Å². The Morgan fingerprint density at radius 1 is 0.957 bits per heavy atom. The van der Waals surface area contributed by atoms with E-state index in [-0.39, 0.29) is 32.7 Å². The zero-order valence-electron chi connectivity index (χ0n) is 16.5. The van der Waals surface area contributed by atoms with Gasteiger partial charge in [0.05, 0.1) is 20.1 Å². The average Bonchev–Trinajstić information content (AvgIpc) is 2.59. The van der Waals surface area contributed by atoms with Crippen LogP contribution < -0.4 is 0 Å². The van der Waals surface area contributed by atoms with E-state index in [1.807, 2.05) is 27.7 Å². The molecule has 1 heterocycles. The molecule has 0 unspecified atom stereocenters. The predicted octanol–water partition coefficient (Wildman–Crippen LogP) is 4.80. The first-order valence-electron chi connectivity index (χ1n) is 9.32. The molecule has 1 aromatic carbocycles. The van der Waals surface area contributed by atoms with Gasteiger partial charge in [0.1, 0.15) is 6.54 Å². The summed E-state index contributed by atoms with van der Waals surface area (Å²) in [4.78, 5) is 2.63. The van der Waals surface area contributed by atoms with Crippen molar-refractivity contribution in [1.82, 2.24) is 4.90 Å². The third kappa shape index (κ3) is 10.7. The monoisotopic (exact) mass is 396 g/mol. The third-order valence-electron chi connectivity index (χ3n) is 4.15. The second kappa shape index (κ2) is 15.8. The van der Waals surface area contributed by atoms with Crippen LogP contribution in [-0.2, 0) is 39.3 Å². The molecule has 1 saturated heterocycles. The summed E-state index contributed by atoms with van der Waals surface area (Å²) >= 11 is 0. The molecule has 0 bridgehead atoms. The van der Waals surface area contributed by atoms with Gasteiger partial charge in [-0.25, -0.2) is 0 Å². The molecule has 1 radical (unpaired) electrons. The standard InChI is InChI=1S/C16H27N2.2C2H6.Y/c1-3-4-10-17-11-13-18(2,14-12-17)15-16-8-6-5-7-9-16;2*1-2;/h5-9H,3-4,10-15H2,1-2H3;2*1-2H3;/q+1;;;. The fourth-order valence-corrected chi connectivity index (χ4v) is 2.78. The number of piperazine rings is 1. The van der Waals surface area contributed by atoms with Gasteiger partial charge in [-0.3, -0.25) is 4.90 Å². The van der Waals surface area contributed by atoms with Crippen molar-refractivity contribution in [2.75, 3.05) is 39.8 Å². The van der Waals surface area contributed by atoms with Crippen molar-refractivity contribution in [1.29, 1.82) is 0 Å². The van der Waals surface area contributed by atoms with Gasteiger partial charge in [-0.1, -0.05) is 71.4 Å². The van der Waals surface area contributed by atoms with Crippen molar-refractivity contribution in [3.63, 3.8) is 0 Å². The summed E-state index contributed by atoms with van der Waals surface area (Å²) < 4.78 is 1.20. The summed E-state index contributed by atoms with van der Waals surface area (Å²) in [6.45, 7) is 17.9. The van der Waals surface area contributed by atoms with Gasteiger partial charge < -0.3 is 4.48 Å². The topological polar surface area (TPSA) is 3.24 Å². The van der Waals surface area contributed by atoms with Crippen LogP contribution >= 0.6 is 0 Å². The molecule has 1 aromatic rings. The molecule has 1 aliphatic rings. The number of hydrogen-bond donors (Lipinski definition) is 0. The van der Waals surface area contributed by atoms with Gasteiger partial charge in [0, 0.05) is 51.4 Å². The first-order chi connectivity index (χ1) is 10.7. The number of quaternary nitrogens is 1. The molecule has 3 heteroatoms. The molecule has 0 aromatic heterocycles. The summed E-state index contributed by atoms with van der Waals surface area (Å²) in [5.74, 6) is 0. The van der Waals surface area contributed by atoms with Gasteiger partial charge in [0.15, 0.2) is 0 Å². The Bertz CT molecular complexity index is 346. The molecule has 131 valence electrons. The Kier molecular flexibility index (Phi) is 17.5. The second-order valence-electron chi connectivity index (χ2n) is 5.91. The van der Waals surface area contributed by atoms with Crippen LogP contribution in [0, 0.1) is 0 Å². The van der Waals surface area contributed by atoms with E-state index in [1.165, 1.54) is 62.2 Å². The van der Waals surface area contributed by atoms with Crippen LogP contribution in [0.1, 0.15) is 53.0 Å². The minimum atomic E-state index is 0. The zero-order chi connectivity index (χ0) is 16.8. The minimum Gasteiger partial charge on any atom is -0.320 e. The number of unbranched alkanes of at least 4 members (excludes halogenated alkanes) is 1. The van der Waals surface area contributed by atoms with E-state index in [9.17, 15) is 0 Å². The SMILES string of the molecule is CC.CC.CCCCN1CC[N+](C)(Cc2ccccc2)CC1.[Y]. The molecular weight excluding hydrogens is 357 g/mol. The van der Waals surface area contributed by atoms with E-state index in [1.54, 1.807) is 0 Å². The maximum atomic E-state index is 2.63. The quantitative estimate of drug-likeness (QED) is 0.647. The van der Waals surface area contributed by atoms with E-state index >= 15 is 0 Å². The molecule has 0 atom stereocenters. The molecular formula is C20H39N2Y+. The number of benzene rings is 1. The summed E-state index contributed by atoms with van der Waals surface area (Å²) in [6.07, 6.45) is 2.66. The Balaban J connectivity index is 0.